The third-order valence-corrected chi connectivity index (χ3v) is 20.2. The first-order valence-electron chi connectivity index (χ1n) is 29.6. The van der Waals surface area contributed by atoms with Crippen LogP contribution in [0.2, 0.25) is 0 Å². The molecule has 0 saturated carbocycles. The van der Waals surface area contributed by atoms with Crippen molar-refractivity contribution in [1.82, 2.24) is 39.6 Å². The molecule has 2 unspecified atom stereocenters. The summed E-state index contributed by atoms with van der Waals surface area (Å²) in [7, 11) is -3.11. The first kappa shape index (κ1) is 62.0. The van der Waals surface area contributed by atoms with E-state index in [1.165, 1.54) is 40.3 Å². The number of nitrogens with one attached hydrogen (secondary N) is 3. The Morgan fingerprint density at radius 2 is 1.62 bits per heavy atom. The molecule has 458 valence electrons. The maximum absolute atomic E-state index is 16.9. The fraction of sp³-hybridized carbons (Fsp3) is 0.476. The standard InChI is InChI=1S/C63H75F2N8O11PS/c1-7-31-83-61(79)38(2)68-85(81,84-43-16-12-9-13-17-43)56(65)44-19-22-50-45(53(44)64)35-51(86-50)58(76)67-55(63(3,4)5)60(78)72-29-26-42(54(72)59(77)71-30-32-82-49(37-71)41-14-10-8-11-15-41)33-39-24-27-70(28-25-39)36-40-18-20-46-48(34-40)69(6)62(80)73(46)47-21-23-52(74)66-57(47)75/h8-20,22,34-35,38-39,42,47,49,54-56H,7,21,23-33,36-37H2,1-6H3,(H,67,76)(H,68,81)(H,66,74,75)/t38-,42-,47?,49-,54-,55+,56-,85?/m0/s1. The number of benzene rings is 4. The Hall–Kier alpha value is -7.10. The smallest absolute Gasteiger partial charge is 0.355 e. The number of amides is 5. The number of carbonyl (C=O) groups excluding carboxylic acids is 6. The second-order valence-corrected chi connectivity index (χ2v) is 27.3. The molecule has 19 nitrogen and oxygen atoms in total. The molecule has 23 heteroatoms. The Morgan fingerprint density at radius 3 is 2.31 bits per heavy atom. The molecule has 0 spiro atoms. The van der Waals surface area contributed by atoms with Crippen LogP contribution in [0.1, 0.15) is 124 Å². The van der Waals surface area contributed by atoms with Gasteiger partial charge in [-0.15, -0.1) is 11.3 Å². The molecule has 10 rings (SSSR count). The summed E-state index contributed by atoms with van der Waals surface area (Å²) in [6, 6.07) is 23.0. The van der Waals surface area contributed by atoms with Crippen molar-refractivity contribution in [2.24, 2.45) is 24.3 Å². The number of esters is 1. The fourth-order valence-corrected chi connectivity index (χ4v) is 15.3. The molecule has 4 aromatic carbocycles. The lowest BCUT2D eigenvalue weighted by molar-refractivity contribution is -0.152. The van der Waals surface area contributed by atoms with E-state index < -0.39 is 78.1 Å². The zero-order chi connectivity index (χ0) is 61.2. The molecule has 0 aliphatic carbocycles. The van der Waals surface area contributed by atoms with Gasteiger partial charge in [0.05, 0.1) is 35.7 Å². The van der Waals surface area contributed by atoms with Gasteiger partial charge in [0.1, 0.15) is 41.8 Å². The third-order valence-electron chi connectivity index (χ3n) is 17.0. The van der Waals surface area contributed by atoms with E-state index in [9.17, 15) is 28.5 Å². The number of morpholine rings is 1. The Kier molecular flexibility index (Phi) is 18.8. The van der Waals surface area contributed by atoms with Gasteiger partial charge in [-0.05, 0) is 123 Å². The number of hydrogen-bond acceptors (Lipinski definition) is 13. The van der Waals surface area contributed by atoms with Gasteiger partial charge in [-0.2, -0.15) is 0 Å². The van der Waals surface area contributed by atoms with Gasteiger partial charge in [0.25, 0.3) is 5.91 Å². The monoisotopic (exact) mass is 1220 g/mol. The number of hydrogen-bond donors (Lipinski definition) is 3. The van der Waals surface area contributed by atoms with Crippen LogP contribution < -0.4 is 25.9 Å². The van der Waals surface area contributed by atoms with Gasteiger partial charge in [-0.1, -0.05) is 88.4 Å². The molecule has 86 heavy (non-hydrogen) atoms. The first-order valence-corrected chi connectivity index (χ1v) is 32.1. The molecule has 4 aliphatic heterocycles. The summed E-state index contributed by atoms with van der Waals surface area (Å²) in [6.07, 6.45) is 3.50. The lowest BCUT2D eigenvalue weighted by atomic mass is 9.82. The highest BCUT2D eigenvalue weighted by atomic mass is 32.1. The number of rotatable bonds is 19. The molecular weight excluding hydrogens is 1150 g/mol. The molecule has 6 aromatic rings. The highest BCUT2D eigenvalue weighted by Gasteiger charge is 2.49. The second kappa shape index (κ2) is 26.1. The lowest BCUT2D eigenvalue weighted by Crippen LogP contribution is -2.59. The van der Waals surface area contributed by atoms with Crippen LogP contribution in [0.25, 0.3) is 21.1 Å². The molecule has 6 heterocycles. The minimum atomic E-state index is -4.79. The number of halogens is 2. The number of imidazole rings is 1. The van der Waals surface area contributed by atoms with Gasteiger partial charge in [-0.25, -0.2) is 18.7 Å². The van der Waals surface area contributed by atoms with Gasteiger partial charge in [-0.3, -0.25) is 52.7 Å². The molecule has 5 amide bonds. The molecule has 4 saturated heterocycles. The predicted octanol–water partition coefficient (Wildman–Crippen LogP) is 9.11. The zero-order valence-corrected chi connectivity index (χ0v) is 51.0. The van der Waals surface area contributed by atoms with E-state index in [0.717, 1.165) is 54.5 Å². The van der Waals surface area contributed by atoms with Gasteiger partial charge in [0, 0.05) is 48.8 Å². The van der Waals surface area contributed by atoms with E-state index in [1.807, 2.05) is 69.3 Å². The Morgan fingerprint density at radius 1 is 0.895 bits per heavy atom. The van der Waals surface area contributed by atoms with Crippen molar-refractivity contribution in [3.8, 4) is 5.75 Å². The number of carbonyl (C=O) groups is 6. The fourth-order valence-electron chi connectivity index (χ4n) is 12.4. The summed E-state index contributed by atoms with van der Waals surface area (Å²) < 4.78 is 68.6. The Balaban J connectivity index is 0.856. The second-order valence-electron chi connectivity index (χ2n) is 24.2. The molecule has 8 atom stereocenters. The van der Waals surface area contributed by atoms with Crippen LogP contribution in [0.5, 0.6) is 5.75 Å². The number of alkyl halides is 1. The van der Waals surface area contributed by atoms with Crippen LogP contribution in [0.3, 0.4) is 0 Å². The molecule has 0 radical (unpaired) electrons. The van der Waals surface area contributed by atoms with Crippen molar-refractivity contribution in [3.63, 3.8) is 0 Å². The Bertz CT molecular complexity index is 3620. The minimum Gasteiger partial charge on any atom is -0.465 e. The summed E-state index contributed by atoms with van der Waals surface area (Å²) in [5, 5.41) is 7.66. The summed E-state index contributed by atoms with van der Waals surface area (Å²) in [5.74, 6) is -6.59. The number of para-hydroxylation sites is 1. The maximum atomic E-state index is 16.9. The summed E-state index contributed by atoms with van der Waals surface area (Å²) in [4.78, 5) is 102. The van der Waals surface area contributed by atoms with Crippen LogP contribution in [-0.2, 0) is 51.6 Å². The Labute approximate surface area is 502 Å². The van der Waals surface area contributed by atoms with E-state index >= 15 is 18.4 Å². The third kappa shape index (κ3) is 13.2. The summed E-state index contributed by atoms with van der Waals surface area (Å²) in [5.41, 5.74) is 1.42. The molecule has 3 N–H and O–H groups in total. The highest BCUT2D eigenvalue weighted by molar-refractivity contribution is 7.57. The van der Waals surface area contributed by atoms with E-state index in [1.54, 1.807) is 42.0 Å². The number of nitrogens with zero attached hydrogens (tertiary/aromatic N) is 5. The van der Waals surface area contributed by atoms with Gasteiger partial charge in [0.2, 0.25) is 29.5 Å². The predicted molar refractivity (Wildman–Crippen MR) is 321 cm³/mol. The maximum Gasteiger partial charge on any atom is 0.355 e. The zero-order valence-electron chi connectivity index (χ0n) is 49.3. The number of imide groups is 1. The normalized spacial score (nSPS) is 21.6. The summed E-state index contributed by atoms with van der Waals surface area (Å²) >= 11 is 0.932. The minimum absolute atomic E-state index is 0.0116. The van der Waals surface area contributed by atoms with E-state index in [2.05, 4.69) is 20.6 Å². The molecule has 4 aliphatic rings. The van der Waals surface area contributed by atoms with Crippen molar-refractivity contribution in [3.05, 3.63) is 135 Å². The van der Waals surface area contributed by atoms with Crippen molar-refractivity contribution >= 4 is 75.5 Å². The van der Waals surface area contributed by atoms with Crippen molar-refractivity contribution in [2.45, 2.75) is 122 Å². The van der Waals surface area contributed by atoms with Crippen LogP contribution in [0, 0.1) is 23.1 Å². The molecule has 0 bridgehead atoms. The van der Waals surface area contributed by atoms with Crippen molar-refractivity contribution in [1.29, 1.82) is 0 Å². The van der Waals surface area contributed by atoms with Gasteiger partial charge < -0.3 is 29.1 Å². The van der Waals surface area contributed by atoms with Crippen LogP contribution >= 0.6 is 18.9 Å². The van der Waals surface area contributed by atoms with E-state index in [-0.39, 0.29) is 82.1 Å². The number of piperidine rings is 2. The van der Waals surface area contributed by atoms with Crippen LogP contribution in [-0.4, -0.2) is 123 Å². The first-order chi connectivity index (χ1) is 41.1. The number of likely N-dealkylation sites (tertiary alicyclic amines) is 2. The molecule has 4 fully saturated rings. The van der Waals surface area contributed by atoms with Crippen LogP contribution in [0.15, 0.2) is 102 Å². The van der Waals surface area contributed by atoms with Crippen molar-refractivity contribution in [2.75, 3.05) is 45.9 Å². The average molecular weight is 1220 g/mol. The average Bonchev–Trinajstić information content (AvgIpc) is 2.34. The van der Waals surface area contributed by atoms with Gasteiger partial charge >= 0.3 is 19.2 Å². The quantitative estimate of drug-likeness (QED) is 0.0392. The summed E-state index contributed by atoms with van der Waals surface area (Å²) in [6.45, 7) is 12.1. The number of thiophene rings is 1. The topological polar surface area (TPSA) is 220 Å². The van der Waals surface area contributed by atoms with Crippen LogP contribution in [0.4, 0.5) is 8.78 Å². The number of aromatic nitrogens is 2. The highest BCUT2D eigenvalue weighted by Crippen LogP contribution is 2.58. The molecule has 2 aromatic heterocycles. The van der Waals surface area contributed by atoms with Gasteiger partial charge in [0.15, 0.2) is 0 Å². The van der Waals surface area contributed by atoms with E-state index in [0.29, 0.717) is 56.5 Å². The van der Waals surface area contributed by atoms with Crippen molar-refractivity contribution < 1.29 is 56.1 Å². The number of ether oxygens (including phenoxy) is 2. The number of fused-ring (bicyclic) bond motifs is 2. The lowest BCUT2D eigenvalue weighted by Gasteiger charge is -2.40. The van der Waals surface area contributed by atoms with E-state index in [4.69, 9.17) is 14.0 Å². The SMILES string of the molecule is CCCOC(=O)[C@H](C)NP(=O)(Oc1ccccc1)[C@H](F)c1ccc2sc(C(=O)N[C@H](C(=O)N3CC[C@@H](CC4CCN(Cc5ccc6c(c5)n(C)c(=O)n6C5CCC(=O)NC5=O)CC4)[C@H]3C(=O)N3CCO[C@H](c4ccccc4)C3)C(C)(C)C)cc2c1F. The largest absolute Gasteiger partial charge is 0.465 e. The number of aryl methyl sites for hydroxylation is 1. The molecular formula is C63H75F2N8O11PS.